The molecule has 3 heterocycles. The molecular formula is C36H45N3O4. The molecule has 228 valence electrons. The second-order valence-corrected chi connectivity index (χ2v) is 12.4. The molecular weight excluding hydrogens is 538 g/mol. The number of nitrogens with one attached hydrogen (secondary N) is 1. The lowest BCUT2D eigenvalue weighted by atomic mass is 9.98. The molecule has 3 aromatic carbocycles. The van der Waals surface area contributed by atoms with Crippen LogP contribution in [0.2, 0.25) is 0 Å². The zero-order chi connectivity index (χ0) is 29.6. The van der Waals surface area contributed by atoms with Gasteiger partial charge < -0.3 is 24.8 Å². The van der Waals surface area contributed by atoms with Crippen LogP contribution in [0.15, 0.2) is 72.8 Å². The highest BCUT2D eigenvalue weighted by atomic mass is 16.7. The first-order valence-corrected chi connectivity index (χ1v) is 15.9. The molecule has 0 aromatic heterocycles. The van der Waals surface area contributed by atoms with Crippen molar-refractivity contribution in [2.45, 2.75) is 76.7 Å². The molecule has 2 N–H and O–H groups in total. The van der Waals surface area contributed by atoms with Crippen molar-refractivity contribution in [3.63, 3.8) is 0 Å². The van der Waals surface area contributed by atoms with Crippen molar-refractivity contribution in [3.05, 3.63) is 95.1 Å². The van der Waals surface area contributed by atoms with Crippen LogP contribution in [-0.4, -0.2) is 65.7 Å². The molecule has 0 aliphatic carbocycles. The van der Waals surface area contributed by atoms with E-state index in [9.17, 15) is 9.90 Å². The molecule has 0 saturated carbocycles. The van der Waals surface area contributed by atoms with Crippen molar-refractivity contribution in [3.8, 4) is 11.1 Å². The van der Waals surface area contributed by atoms with Crippen LogP contribution in [0.25, 0.3) is 11.1 Å². The molecule has 3 aliphatic rings. The summed E-state index contributed by atoms with van der Waals surface area (Å²) in [6, 6.07) is 25.5. The van der Waals surface area contributed by atoms with Crippen LogP contribution >= 0.6 is 0 Å². The fraction of sp³-hybridized carbons (Fsp3) is 0.472. The summed E-state index contributed by atoms with van der Waals surface area (Å²) in [5, 5.41) is 12.4. The molecule has 0 spiro atoms. The average Bonchev–Trinajstić information content (AvgIpc) is 3.72. The number of aliphatic hydroxyl groups is 1. The fourth-order valence-electron chi connectivity index (χ4n) is 6.82. The summed E-state index contributed by atoms with van der Waals surface area (Å²) in [5.41, 5.74) is 6.32. The Hall–Kier alpha value is -3.07. The first-order valence-electron chi connectivity index (χ1n) is 15.9. The maximum atomic E-state index is 11.4. The molecule has 0 unspecified atom stereocenters. The number of rotatable bonds is 10. The summed E-state index contributed by atoms with van der Waals surface area (Å²) in [7, 11) is 0. The monoisotopic (exact) mass is 583 g/mol. The predicted octanol–water partition coefficient (Wildman–Crippen LogP) is 5.59. The van der Waals surface area contributed by atoms with Gasteiger partial charge in [0.1, 0.15) is 0 Å². The van der Waals surface area contributed by atoms with E-state index in [-0.39, 0.29) is 24.7 Å². The van der Waals surface area contributed by atoms with E-state index in [2.05, 4.69) is 63.6 Å². The van der Waals surface area contributed by atoms with Crippen molar-refractivity contribution in [2.24, 2.45) is 0 Å². The quantitative estimate of drug-likeness (QED) is 0.324. The van der Waals surface area contributed by atoms with Gasteiger partial charge in [-0.2, -0.15) is 0 Å². The van der Waals surface area contributed by atoms with Crippen LogP contribution in [0.3, 0.4) is 0 Å². The SMILES string of the molecule is CC(=O)NCc1cccc(-c2ccc([C@H]3O[C@@H](CN4CCC[C@H]4CN4CCCC4)C[C@@H](c4ccc(CO)cc4)O3)cc2)c1. The first-order chi connectivity index (χ1) is 21.0. The van der Waals surface area contributed by atoms with Crippen LogP contribution < -0.4 is 5.32 Å². The van der Waals surface area contributed by atoms with E-state index in [0.717, 1.165) is 52.9 Å². The zero-order valence-corrected chi connectivity index (χ0v) is 25.3. The molecule has 6 rings (SSSR count). The topological polar surface area (TPSA) is 74.3 Å². The average molecular weight is 584 g/mol. The molecule has 3 aromatic rings. The van der Waals surface area contributed by atoms with E-state index in [1.807, 2.05) is 24.3 Å². The van der Waals surface area contributed by atoms with E-state index < -0.39 is 6.29 Å². The van der Waals surface area contributed by atoms with Crippen LogP contribution in [-0.2, 0) is 27.4 Å². The third-order valence-electron chi connectivity index (χ3n) is 9.20. The van der Waals surface area contributed by atoms with Gasteiger partial charge in [0.05, 0.1) is 18.8 Å². The molecule has 3 saturated heterocycles. The van der Waals surface area contributed by atoms with Crippen molar-refractivity contribution >= 4 is 5.91 Å². The van der Waals surface area contributed by atoms with Gasteiger partial charge in [0.2, 0.25) is 5.91 Å². The molecule has 43 heavy (non-hydrogen) atoms. The highest BCUT2D eigenvalue weighted by molar-refractivity contribution is 5.73. The van der Waals surface area contributed by atoms with Gasteiger partial charge >= 0.3 is 0 Å². The molecule has 1 amide bonds. The number of hydrogen-bond acceptors (Lipinski definition) is 6. The Morgan fingerprint density at radius 2 is 1.63 bits per heavy atom. The number of carbonyl (C=O) groups excluding carboxylic acids is 1. The van der Waals surface area contributed by atoms with E-state index >= 15 is 0 Å². The summed E-state index contributed by atoms with van der Waals surface area (Å²) >= 11 is 0. The van der Waals surface area contributed by atoms with Crippen LogP contribution in [0.4, 0.5) is 0 Å². The van der Waals surface area contributed by atoms with Crippen molar-refractivity contribution < 1.29 is 19.4 Å². The smallest absolute Gasteiger partial charge is 0.217 e. The van der Waals surface area contributed by atoms with Gasteiger partial charge in [-0.3, -0.25) is 9.69 Å². The van der Waals surface area contributed by atoms with Crippen LogP contribution in [0.1, 0.15) is 73.7 Å². The van der Waals surface area contributed by atoms with Crippen molar-refractivity contribution in [1.82, 2.24) is 15.1 Å². The van der Waals surface area contributed by atoms with Gasteiger partial charge in [-0.05, 0) is 79.2 Å². The molecule has 7 heteroatoms. The lowest BCUT2D eigenvalue weighted by Gasteiger charge is -2.39. The van der Waals surface area contributed by atoms with E-state index in [1.54, 1.807) is 0 Å². The molecule has 0 radical (unpaired) electrons. The summed E-state index contributed by atoms with van der Waals surface area (Å²) in [5.74, 6) is -0.0324. The number of carbonyl (C=O) groups is 1. The van der Waals surface area contributed by atoms with Gasteiger partial charge in [-0.15, -0.1) is 0 Å². The number of likely N-dealkylation sites (tertiary alicyclic amines) is 2. The Kier molecular flexibility index (Phi) is 9.86. The standard InChI is InChI=1S/C36H45N3O4/c1-26(41)37-22-28-6-4-7-32(20-28)29-13-15-31(16-14-29)36-42-34(21-35(43-36)30-11-9-27(25-40)10-12-30)24-39-19-5-8-33(39)23-38-17-2-3-18-38/h4,6-7,9-16,20,33-36,40H,2-3,5,8,17-19,21-25H2,1H3,(H,37,41)/t33-,34+,35-,36-/m0/s1. The molecule has 0 bridgehead atoms. The second-order valence-electron chi connectivity index (χ2n) is 12.4. The van der Waals surface area contributed by atoms with Crippen LogP contribution in [0, 0.1) is 0 Å². The second kappa shape index (κ2) is 14.1. The minimum atomic E-state index is -0.457. The Balaban J connectivity index is 1.18. The number of benzene rings is 3. The Morgan fingerprint density at radius 1 is 0.860 bits per heavy atom. The third-order valence-corrected chi connectivity index (χ3v) is 9.20. The summed E-state index contributed by atoms with van der Waals surface area (Å²) in [6.07, 6.45) is 5.51. The number of aliphatic hydroxyl groups excluding tert-OH is 1. The summed E-state index contributed by atoms with van der Waals surface area (Å²) < 4.78 is 13.3. The Morgan fingerprint density at radius 3 is 2.37 bits per heavy atom. The van der Waals surface area contributed by atoms with Gasteiger partial charge in [-0.25, -0.2) is 0 Å². The molecule has 3 fully saturated rings. The molecule has 7 nitrogen and oxygen atoms in total. The van der Waals surface area contributed by atoms with Gasteiger partial charge in [0.25, 0.3) is 0 Å². The summed E-state index contributed by atoms with van der Waals surface area (Å²) in [6.45, 7) is 7.79. The largest absolute Gasteiger partial charge is 0.392 e. The minimum absolute atomic E-state index is 0.0324. The number of hydrogen-bond donors (Lipinski definition) is 2. The van der Waals surface area contributed by atoms with E-state index in [0.29, 0.717) is 12.6 Å². The Labute approximate surface area is 255 Å². The third kappa shape index (κ3) is 7.72. The number of nitrogens with zero attached hydrogens (tertiary/aromatic N) is 2. The first kappa shape index (κ1) is 30.0. The predicted molar refractivity (Wildman–Crippen MR) is 168 cm³/mol. The summed E-state index contributed by atoms with van der Waals surface area (Å²) in [4.78, 5) is 16.7. The fourth-order valence-corrected chi connectivity index (χ4v) is 6.82. The van der Waals surface area contributed by atoms with Gasteiger partial charge in [0.15, 0.2) is 6.29 Å². The van der Waals surface area contributed by atoms with Crippen molar-refractivity contribution in [1.29, 1.82) is 0 Å². The van der Waals surface area contributed by atoms with Crippen molar-refractivity contribution in [2.75, 3.05) is 32.7 Å². The normalized spacial score (nSPS) is 24.8. The lowest BCUT2D eigenvalue weighted by molar-refractivity contribution is -0.253. The highest BCUT2D eigenvalue weighted by Gasteiger charge is 2.36. The van der Waals surface area contributed by atoms with Gasteiger partial charge in [-0.1, -0.05) is 66.7 Å². The number of amides is 1. The Bertz CT molecular complexity index is 1340. The maximum Gasteiger partial charge on any atom is 0.217 e. The number of ether oxygens (including phenoxy) is 2. The van der Waals surface area contributed by atoms with E-state index in [4.69, 9.17) is 9.47 Å². The maximum absolute atomic E-state index is 11.4. The minimum Gasteiger partial charge on any atom is -0.392 e. The highest BCUT2D eigenvalue weighted by Crippen LogP contribution is 2.39. The van der Waals surface area contributed by atoms with Gasteiger partial charge in [0, 0.05) is 44.6 Å². The lowest BCUT2D eigenvalue weighted by Crippen LogP contribution is -2.45. The van der Waals surface area contributed by atoms with Crippen LogP contribution in [0.5, 0.6) is 0 Å². The molecule has 3 aliphatic heterocycles. The molecule has 4 atom stereocenters. The van der Waals surface area contributed by atoms with E-state index in [1.165, 1.54) is 52.2 Å². The zero-order valence-electron chi connectivity index (χ0n) is 25.3.